The van der Waals surface area contributed by atoms with Gasteiger partial charge >= 0.3 is 0 Å². The standard InChI is InChI=1S/C12H4I6O2/c13-3-1-4(14)6(5(15)2-3)7-8(16)11(19)10(18)12(20)9(7)17/h1-2,19-20H. The Hall–Kier alpha value is 2.42. The molecule has 0 fully saturated rings. The van der Waals surface area contributed by atoms with Crippen molar-refractivity contribution >= 4 is 136 Å². The average Bonchev–Trinajstić information content (AvgIpc) is 2.37. The molecule has 0 amide bonds. The third kappa shape index (κ3) is 3.57. The summed E-state index contributed by atoms with van der Waals surface area (Å²) in [5.41, 5.74) is 1.95. The summed E-state index contributed by atoms with van der Waals surface area (Å²) in [5, 5.41) is 20.4. The molecule has 0 aliphatic heterocycles. The highest BCUT2D eigenvalue weighted by atomic mass is 127. The van der Waals surface area contributed by atoms with E-state index in [4.69, 9.17) is 0 Å². The van der Waals surface area contributed by atoms with Gasteiger partial charge in [0.05, 0.1) is 10.7 Å². The van der Waals surface area contributed by atoms with Crippen LogP contribution < -0.4 is 0 Å². The Morgan fingerprint density at radius 1 is 0.600 bits per heavy atom. The monoisotopic (exact) mass is 941 g/mol. The van der Waals surface area contributed by atoms with Gasteiger partial charge in [0, 0.05) is 21.8 Å². The van der Waals surface area contributed by atoms with E-state index < -0.39 is 0 Å². The Balaban J connectivity index is 2.91. The Morgan fingerprint density at radius 3 is 1.40 bits per heavy atom. The lowest BCUT2D eigenvalue weighted by molar-refractivity contribution is 0.439. The highest BCUT2D eigenvalue weighted by Gasteiger charge is 2.23. The summed E-state index contributed by atoms with van der Waals surface area (Å²) in [6.07, 6.45) is 0. The van der Waals surface area contributed by atoms with E-state index in [2.05, 4.69) is 125 Å². The van der Waals surface area contributed by atoms with Crippen molar-refractivity contribution in [3.05, 3.63) is 33.6 Å². The molecule has 2 rings (SSSR count). The molecule has 0 aliphatic rings. The third-order valence-electron chi connectivity index (χ3n) is 2.53. The molecule has 8 heteroatoms. The maximum Gasteiger partial charge on any atom is 0.146 e. The highest BCUT2D eigenvalue weighted by Crippen LogP contribution is 2.46. The van der Waals surface area contributed by atoms with Crippen molar-refractivity contribution in [3.8, 4) is 22.6 Å². The van der Waals surface area contributed by atoms with Gasteiger partial charge < -0.3 is 10.2 Å². The summed E-state index contributed by atoms with van der Waals surface area (Å²) in [6.45, 7) is 0. The number of hydrogen-bond donors (Lipinski definition) is 2. The van der Waals surface area contributed by atoms with E-state index in [-0.39, 0.29) is 11.5 Å². The fourth-order valence-corrected chi connectivity index (χ4v) is 9.47. The van der Waals surface area contributed by atoms with Crippen LogP contribution in [0.3, 0.4) is 0 Å². The SMILES string of the molecule is Oc1c(I)c(O)c(I)c(-c2c(I)cc(I)cc2I)c1I. The Bertz CT molecular complexity index is 662. The van der Waals surface area contributed by atoms with E-state index in [1.54, 1.807) is 0 Å². The van der Waals surface area contributed by atoms with Crippen LogP contribution in [0.15, 0.2) is 12.1 Å². The Labute approximate surface area is 198 Å². The summed E-state index contributed by atoms with van der Waals surface area (Å²) in [7, 11) is 0. The van der Waals surface area contributed by atoms with Crippen LogP contribution in [0, 0.1) is 21.4 Å². The van der Waals surface area contributed by atoms with Crippen molar-refractivity contribution in [3.63, 3.8) is 0 Å². The second-order valence-corrected chi connectivity index (χ2v) is 10.6. The molecule has 0 radical (unpaired) electrons. The molecule has 20 heavy (non-hydrogen) atoms. The second-order valence-electron chi connectivity index (χ2n) is 3.76. The zero-order valence-electron chi connectivity index (χ0n) is 9.32. The first kappa shape index (κ1) is 18.8. The topological polar surface area (TPSA) is 40.5 Å². The molecule has 2 aromatic rings. The molecule has 2 aromatic carbocycles. The first-order chi connectivity index (χ1) is 9.25. The maximum atomic E-state index is 10.2. The molecule has 2 N–H and O–H groups in total. The molecule has 0 unspecified atom stereocenters. The molecule has 106 valence electrons. The van der Waals surface area contributed by atoms with E-state index in [0.29, 0.717) is 3.57 Å². The highest BCUT2D eigenvalue weighted by molar-refractivity contribution is 14.1. The van der Waals surface area contributed by atoms with Crippen LogP contribution in [0.4, 0.5) is 0 Å². The van der Waals surface area contributed by atoms with Crippen molar-refractivity contribution in [2.24, 2.45) is 0 Å². The lowest BCUT2D eigenvalue weighted by Crippen LogP contribution is -1.97. The molecule has 0 saturated heterocycles. The van der Waals surface area contributed by atoms with Gasteiger partial charge in [-0.05, 0) is 148 Å². The van der Waals surface area contributed by atoms with E-state index >= 15 is 0 Å². The average molecular weight is 942 g/mol. The minimum absolute atomic E-state index is 0.143. The Kier molecular flexibility index (Phi) is 7.07. The van der Waals surface area contributed by atoms with Crippen LogP contribution in [-0.4, -0.2) is 10.2 Å². The molecular weight excluding hydrogens is 938 g/mol. The fourth-order valence-electron chi connectivity index (χ4n) is 1.64. The molecule has 0 heterocycles. The van der Waals surface area contributed by atoms with Crippen LogP contribution in [0.1, 0.15) is 0 Å². The largest absolute Gasteiger partial charge is 0.506 e. The van der Waals surface area contributed by atoms with Crippen LogP contribution >= 0.6 is 136 Å². The third-order valence-corrected chi connectivity index (χ3v) is 7.97. The zero-order valence-corrected chi connectivity index (χ0v) is 22.3. The number of phenolic OH excluding ortho intramolecular Hbond substituents is 2. The number of halogens is 6. The van der Waals surface area contributed by atoms with Gasteiger partial charge in [-0.3, -0.25) is 0 Å². The zero-order chi connectivity index (χ0) is 15.2. The Morgan fingerprint density at radius 2 is 1.00 bits per heavy atom. The number of phenols is 2. The van der Waals surface area contributed by atoms with Gasteiger partial charge in [0.25, 0.3) is 0 Å². The lowest BCUT2D eigenvalue weighted by Gasteiger charge is -2.16. The molecule has 0 bridgehead atoms. The summed E-state index contributed by atoms with van der Waals surface area (Å²) < 4.78 is 5.42. The summed E-state index contributed by atoms with van der Waals surface area (Å²) in [6, 6.07) is 4.19. The second kappa shape index (κ2) is 7.54. The van der Waals surface area contributed by atoms with Crippen LogP contribution in [-0.2, 0) is 0 Å². The molecule has 0 saturated carbocycles. The van der Waals surface area contributed by atoms with Crippen molar-refractivity contribution < 1.29 is 10.2 Å². The quantitative estimate of drug-likeness (QED) is 0.326. The molecule has 0 aromatic heterocycles. The summed E-state index contributed by atoms with van der Waals surface area (Å²) in [5.74, 6) is 0.286. The normalized spacial score (nSPS) is 10.9. The molecule has 0 atom stereocenters. The molecule has 0 spiro atoms. The summed E-state index contributed by atoms with van der Waals surface area (Å²) >= 11 is 13.1. The fraction of sp³-hybridized carbons (Fsp3) is 0. The van der Waals surface area contributed by atoms with Gasteiger partial charge in [-0.15, -0.1) is 0 Å². The summed E-state index contributed by atoms with van der Waals surface area (Å²) in [4.78, 5) is 0. The number of hydrogen-bond acceptors (Lipinski definition) is 2. The number of aromatic hydroxyl groups is 2. The van der Waals surface area contributed by atoms with Crippen molar-refractivity contribution in [2.75, 3.05) is 0 Å². The molecule has 0 aliphatic carbocycles. The van der Waals surface area contributed by atoms with Gasteiger partial charge in [-0.2, -0.15) is 0 Å². The minimum Gasteiger partial charge on any atom is -0.506 e. The van der Waals surface area contributed by atoms with E-state index in [1.165, 1.54) is 3.57 Å². The van der Waals surface area contributed by atoms with Gasteiger partial charge in [-0.1, -0.05) is 0 Å². The van der Waals surface area contributed by atoms with Crippen molar-refractivity contribution in [2.45, 2.75) is 0 Å². The van der Waals surface area contributed by atoms with Crippen LogP contribution in [0.5, 0.6) is 11.5 Å². The van der Waals surface area contributed by atoms with Gasteiger partial charge in [0.1, 0.15) is 11.5 Å². The van der Waals surface area contributed by atoms with Crippen molar-refractivity contribution in [1.82, 2.24) is 0 Å². The van der Waals surface area contributed by atoms with Crippen molar-refractivity contribution in [1.29, 1.82) is 0 Å². The number of benzene rings is 2. The van der Waals surface area contributed by atoms with Gasteiger partial charge in [0.15, 0.2) is 0 Å². The predicted octanol–water partition coefficient (Wildman–Crippen LogP) is 6.39. The number of rotatable bonds is 1. The van der Waals surface area contributed by atoms with Gasteiger partial charge in [0.2, 0.25) is 0 Å². The lowest BCUT2D eigenvalue weighted by atomic mass is 10.1. The maximum absolute atomic E-state index is 10.2. The predicted molar refractivity (Wildman–Crippen MR) is 132 cm³/mol. The first-order valence-electron chi connectivity index (χ1n) is 4.99. The molecular formula is C12H4I6O2. The molecule has 2 nitrogen and oxygen atoms in total. The van der Waals surface area contributed by atoms with Crippen LogP contribution in [0.2, 0.25) is 0 Å². The first-order valence-corrected chi connectivity index (χ1v) is 11.5. The van der Waals surface area contributed by atoms with E-state index in [0.717, 1.165) is 25.4 Å². The smallest absolute Gasteiger partial charge is 0.146 e. The minimum atomic E-state index is 0.143. The van der Waals surface area contributed by atoms with E-state index in [9.17, 15) is 10.2 Å². The van der Waals surface area contributed by atoms with Crippen LogP contribution in [0.25, 0.3) is 11.1 Å². The van der Waals surface area contributed by atoms with E-state index in [1.807, 2.05) is 22.6 Å². The van der Waals surface area contributed by atoms with Gasteiger partial charge in [-0.25, -0.2) is 0 Å².